The summed E-state index contributed by atoms with van der Waals surface area (Å²) in [5.41, 5.74) is 2.88. The maximum atomic E-state index is 10.4. The molecule has 0 radical (unpaired) electrons. The van der Waals surface area contributed by atoms with Crippen molar-refractivity contribution in [1.82, 2.24) is 0 Å². The first kappa shape index (κ1) is 15.7. The highest BCUT2D eigenvalue weighted by atomic mass is 35.5. The highest BCUT2D eigenvalue weighted by Gasteiger charge is 2.18. The topological polar surface area (TPSA) is 38.7 Å². The summed E-state index contributed by atoms with van der Waals surface area (Å²) >= 11 is 6.31. The molecule has 2 aromatic carbocycles. The van der Waals surface area contributed by atoms with E-state index >= 15 is 0 Å². The number of halogens is 1. The fourth-order valence-corrected chi connectivity index (χ4v) is 2.58. The number of rotatable bonds is 5. The molecule has 0 aromatic heterocycles. The minimum atomic E-state index is -0.694. The zero-order valence-electron chi connectivity index (χ0n) is 12.4. The van der Waals surface area contributed by atoms with Gasteiger partial charge in [-0.25, -0.2) is 0 Å². The average Bonchev–Trinajstić information content (AvgIpc) is 2.49. The summed E-state index contributed by atoms with van der Waals surface area (Å²) < 4.78 is 10.4. The Bertz CT molecular complexity index is 608. The van der Waals surface area contributed by atoms with Crippen LogP contribution in [0, 0.1) is 6.92 Å². The SMILES string of the molecule is COc1ccc(C(O)Cc2ccc(C)cc2)c(Cl)c1OC. The smallest absolute Gasteiger partial charge is 0.179 e. The predicted octanol–water partition coefficient (Wildman–Crippen LogP) is 3.94. The Labute approximate surface area is 130 Å². The lowest BCUT2D eigenvalue weighted by Crippen LogP contribution is -2.04. The lowest BCUT2D eigenvalue weighted by Gasteiger charge is -2.17. The highest BCUT2D eigenvalue weighted by molar-refractivity contribution is 6.33. The number of hydrogen-bond donors (Lipinski definition) is 1. The highest BCUT2D eigenvalue weighted by Crippen LogP contribution is 2.40. The summed E-state index contributed by atoms with van der Waals surface area (Å²) in [5, 5.41) is 10.8. The van der Waals surface area contributed by atoms with Crippen molar-refractivity contribution in [3.63, 3.8) is 0 Å². The van der Waals surface area contributed by atoms with Crippen LogP contribution >= 0.6 is 11.6 Å². The molecule has 112 valence electrons. The Morgan fingerprint density at radius 1 is 1.05 bits per heavy atom. The molecule has 1 unspecified atom stereocenters. The van der Waals surface area contributed by atoms with Crippen molar-refractivity contribution in [1.29, 1.82) is 0 Å². The van der Waals surface area contributed by atoms with Crippen LogP contribution in [0.2, 0.25) is 5.02 Å². The van der Waals surface area contributed by atoms with Gasteiger partial charge in [-0.3, -0.25) is 0 Å². The monoisotopic (exact) mass is 306 g/mol. The molecule has 0 amide bonds. The lowest BCUT2D eigenvalue weighted by molar-refractivity contribution is 0.178. The van der Waals surface area contributed by atoms with E-state index in [0.29, 0.717) is 28.5 Å². The number of aryl methyl sites for hydroxylation is 1. The van der Waals surface area contributed by atoms with Crippen LogP contribution in [0.3, 0.4) is 0 Å². The normalized spacial score (nSPS) is 12.0. The van der Waals surface area contributed by atoms with Crippen molar-refractivity contribution in [3.8, 4) is 11.5 Å². The van der Waals surface area contributed by atoms with Crippen LogP contribution < -0.4 is 9.47 Å². The molecule has 0 fully saturated rings. The molecule has 0 spiro atoms. The Morgan fingerprint density at radius 2 is 1.71 bits per heavy atom. The van der Waals surface area contributed by atoms with Crippen LogP contribution in [-0.2, 0) is 6.42 Å². The summed E-state index contributed by atoms with van der Waals surface area (Å²) in [5.74, 6) is 0.994. The van der Waals surface area contributed by atoms with Gasteiger partial charge >= 0.3 is 0 Å². The number of aliphatic hydroxyl groups is 1. The first-order chi connectivity index (χ1) is 10.1. The van der Waals surface area contributed by atoms with Gasteiger partial charge in [0.1, 0.15) is 0 Å². The van der Waals surface area contributed by atoms with E-state index in [9.17, 15) is 5.11 Å². The number of aliphatic hydroxyl groups excluding tert-OH is 1. The van der Waals surface area contributed by atoms with Crippen LogP contribution in [0.4, 0.5) is 0 Å². The van der Waals surface area contributed by atoms with E-state index in [-0.39, 0.29) is 0 Å². The van der Waals surface area contributed by atoms with Gasteiger partial charge in [-0.05, 0) is 18.6 Å². The van der Waals surface area contributed by atoms with E-state index in [0.717, 1.165) is 5.56 Å². The van der Waals surface area contributed by atoms with Crippen molar-refractivity contribution in [3.05, 3.63) is 58.1 Å². The van der Waals surface area contributed by atoms with E-state index in [1.807, 2.05) is 31.2 Å². The number of ether oxygens (including phenoxy) is 2. The van der Waals surface area contributed by atoms with Gasteiger partial charge in [-0.15, -0.1) is 0 Å². The van der Waals surface area contributed by atoms with Gasteiger partial charge in [0.05, 0.1) is 25.3 Å². The summed E-state index contributed by atoms with van der Waals surface area (Å²) in [6, 6.07) is 11.6. The third-order valence-electron chi connectivity index (χ3n) is 3.42. The van der Waals surface area contributed by atoms with Gasteiger partial charge in [0.2, 0.25) is 0 Å². The van der Waals surface area contributed by atoms with Gasteiger partial charge in [-0.1, -0.05) is 47.5 Å². The fraction of sp³-hybridized carbons (Fsp3) is 0.294. The third kappa shape index (κ3) is 3.49. The molecule has 0 saturated carbocycles. The second-order valence-electron chi connectivity index (χ2n) is 4.91. The number of hydrogen-bond acceptors (Lipinski definition) is 3. The largest absolute Gasteiger partial charge is 0.493 e. The van der Waals surface area contributed by atoms with Crippen molar-refractivity contribution in [2.75, 3.05) is 14.2 Å². The molecular formula is C17H19ClO3. The fourth-order valence-electron chi connectivity index (χ4n) is 2.22. The molecule has 0 saturated heterocycles. The Balaban J connectivity index is 2.26. The third-order valence-corrected chi connectivity index (χ3v) is 3.81. The van der Waals surface area contributed by atoms with Gasteiger partial charge in [-0.2, -0.15) is 0 Å². The predicted molar refractivity (Wildman–Crippen MR) is 84.4 cm³/mol. The van der Waals surface area contributed by atoms with Gasteiger partial charge in [0, 0.05) is 12.0 Å². The van der Waals surface area contributed by atoms with Gasteiger partial charge in [0.15, 0.2) is 11.5 Å². The summed E-state index contributed by atoms with van der Waals surface area (Å²) in [6.07, 6.45) is -0.199. The number of methoxy groups -OCH3 is 2. The molecule has 4 heteroatoms. The maximum absolute atomic E-state index is 10.4. The molecule has 1 N–H and O–H groups in total. The lowest BCUT2D eigenvalue weighted by atomic mass is 10.00. The molecule has 0 bridgehead atoms. The second-order valence-corrected chi connectivity index (χ2v) is 5.29. The molecular weight excluding hydrogens is 288 g/mol. The zero-order valence-corrected chi connectivity index (χ0v) is 13.1. The summed E-state index contributed by atoms with van der Waals surface area (Å²) in [6.45, 7) is 2.03. The molecule has 3 nitrogen and oxygen atoms in total. The van der Waals surface area contributed by atoms with E-state index in [1.54, 1.807) is 19.2 Å². The minimum absolute atomic E-state index is 0.386. The Kier molecular flexibility index (Phi) is 5.10. The van der Waals surface area contributed by atoms with E-state index in [1.165, 1.54) is 12.7 Å². The first-order valence-corrected chi connectivity index (χ1v) is 7.08. The van der Waals surface area contributed by atoms with Crippen molar-refractivity contribution >= 4 is 11.6 Å². The number of benzene rings is 2. The molecule has 1 atom stereocenters. The molecule has 0 aliphatic rings. The van der Waals surface area contributed by atoms with Crippen LogP contribution in [0.15, 0.2) is 36.4 Å². The van der Waals surface area contributed by atoms with Crippen molar-refractivity contribution in [2.24, 2.45) is 0 Å². The van der Waals surface area contributed by atoms with Crippen molar-refractivity contribution < 1.29 is 14.6 Å². The van der Waals surface area contributed by atoms with Crippen LogP contribution in [-0.4, -0.2) is 19.3 Å². The molecule has 0 aliphatic carbocycles. The van der Waals surface area contributed by atoms with Gasteiger partial charge in [0.25, 0.3) is 0 Å². The minimum Gasteiger partial charge on any atom is -0.493 e. The van der Waals surface area contributed by atoms with E-state index in [4.69, 9.17) is 21.1 Å². The second kappa shape index (κ2) is 6.83. The van der Waals surface area contributed by atoms with Crippen molar-refractivity contribution in [2.45, 2.75) is 19.4 Å². The zero-order chi connectivity index (χ0) is 15.4. The standard InChI is InChI=1S/C17H19ClO3/c1-11-4-6-12(7-5-11)10-14(19)13-8-9-15(20-2)17(21-3)16(13)18/h4-9,14,19H,10H2,1-3H3. The van der Waals surface area contributed by atoms with Crippen LogP contribution in [0.1, 0.15) is 22.8 Å². The maximum Gasteiger partial charge on any atom is 0.179 e. The quantitative estimate of drug-likeness (QED) is 0.909. The first-order valence-electron chi connectivity index (χ1n) is 6.70. The van der Waals surface area contributed by atoms with Gasteiger partial charge < -0.3 is 14.6 Å². The molecule has 2 rings (SSSR count). The molecule has 21 heavy (non-hydrogen) atoms. The summed E-state index contributed by atoms with van der Waals surface area (Å²) in [4.78, 5) is 0. The Morgan fingerprint density at radius 3 is 2.29 bits per heavy atom. The van der Waals surface area contributed by atoms with Crippen LogP contribution in [0.5, 0.6) is 11.5 Å². The van der Waals surface area contributed by atoms with E-state index in [2.05, 4.69) is 0 Å². The van der Waals surface area contributed by atoms with Crippen LogP contribution in [0.25, 0.3) is 0 Å². The molecule has 0 aliphatic heterocycles. The summed E-state index contributed by atoms with van der Waals surface area (Å²) in [7, 11) is 3.08. The molecule has 0 heterocycles. The average molecular weight is 307 g/mol. The molecule has 2 aromatic rings. The Hall–Kier alpha value is -1.71. The van der Waals surface area contributed by atoms with E-state index < -0.39 is 6.10 Å².